The number of benzene rings is 1. The van der Waals surface area contributed by atoms with Crippen molar-refractivity contribution in [2.45, 2.75) is 13.8 Å². The number of imide groups is 1. The van der Waals surface area contributed by atoms with E-state index in [0.29, 0.717) is 11.1 Å². The Morgan fingerprint density at radius 2 is 1.75 bits per heavy atom. The SMILES string of the molecule is C=CC(CO)(CN1C(=O)c2ccccc2C1=O)C(C)C. The maximum absolute atomic E-state index is 12.3. The molecule has 0 spiro atoms. The van der Waals surface area contributed by atoms with Crippen LogP contribution in [0.25, 0.3) is 0 Å². The van der Waals surface area contributed by atoms with Crippen molar-refractivity contribution < 1.29 is 14.7 Å². The number of nitrogens with zero attached hydrogens (tertiary/aromatic N) is 1. The van der Waals surface area contributed by atoms with Crippen LogP contribution in [0.4, 0.5) is 0 Å². The molecule has 106 valence electrons. The third-order valence-corrected chi connectivity index (χ3v) is 4.18. The molecule has 1 aromatic rings. The fourth-order valence-electron chi connectivity index (χ4n) is 2.46. The molecule has 0 aliphatic carbocycles. The number of amides is 2. The van der Waals surface area contributed by atoms with Crippen molar-refractivity contribution in [3.05, 3.63) is 48.0 Å². The molecule has 0 saturated heterocycles. The third-order valence-electron chi connectivity index (χ3n) is 4.18. The Hall–Kier alpha value is -1.94. The fraction of sp³-hybridized carbons (Fsp3) is 0.375. The molecule has 1 aromatic carbocycles. The standard InChI is InChI=1S/C16H19NO3/c1-4-16(10-18,11(2)3)9-17-14(19)12-7-5-6-8-13(12)15(17)20/h4-8,11,18H,1,9-10H2,2-3H3. The Balaban J connectivity index is 2.35. The molecule has 1 N–H and O–H groups in total. The highest BCUT2D eigenvalue weighted by molar-refractivity contribution is 6.21. The van der Waals surface area contributed by atoms with Crippen LogP contribution in [-0.2, 0) is 0 Å². The molecule has 0 bridgehead atoms. The van der Waals surface area contributed by atoms with Crippen molar-refractivity contribution in [2.24, 2.45) is 11.3 Å². The lowest BCUT2D eigenvalue weighted by atomic mass is 9.77. The summed E-state index contributed by atoms with van der Waals surface area (Å²) >= 11 is 0. The van der Waals surface area contributed by atoms with Crippen LogP contribution in [0.15, 0.2) is 36.9 Å². The second kappa shape index (κ2) is 5.21. The third kappa shape index (κ3) is 2.06. The highest BCUT2D eigenvalue weighted by atomic mass is 16.3. The van der Waals surface area contributed by atoms with E-state index in [4.69, 9.17) is 0 Å². The minimum Gasteiger partial charge on any atom is -0.395 e. The van der Waals surface area contributed by atoms with Crippen LogP contribution in [0.2, 0.25) is 0 Å². The largest absolute Gasteiger partial charge is 0.395 e. The number of aliphatic hydroxyl groups excluding tert-OH is 1. The number of hydrogen-bond acceptors (Lipinski definition) is 3. The molecule has 4 nitrogen and oxygen atoms in total. The Morgan fingerprint density at radius 1 is 1.25 bits per heavy atom. The smallest absolute Gasteiger partial charge is 0.261 e. The molecule has 0 fully saturated rings. The zero-order valence-electron chi connectivity index (χ0n) is 11.8. The summed E-state index contributed by atoms with van der Waals surface area (Å²) in [6, 6.07) is 6.78. The molecule has 2 amide bonds. The number of hydrogen-bond donors (Lipinski definition) is 1. The number of aliphatic hydroxyl groups is 1. The molecule has 1 unspecified atom stereocenters. The van der Waals surface area contributed by atoms with Crippen LogP contribution in [0, 0.1) is 11.3 Å². The van der Waals surface area contributed by atoms with Crippen LogP contribution < -0.4 is 0 Å². The molecule has 4 heteroatoms. The van der Waals surface area contributed by atoms with Crippen LogP contribution >= 0.6 is 0 Å². The van der Waals surface area contributed by atoms with Gasteiger partial charge in [0.1, 0.15) is 0 Å². The van der Waals surface area contributed by atoms with Crippen molar-refractivity contribution >= 4 is 11.8 Å². The normalized spacial score (nSPS) is 17.3. The summed E-state index contributed by atoms with van der Waals surface area (Å²) < 4.78 is 0. The van der Waals surface area contributed by atoms with Gasteiger partial charge in [-0.25, -0.2) is 0 Å². The van der Waals surface area contributed by atoms with Crippen molar-refractivity contribution in [3.63, 3.8) is 0 Å². The first-order valence-corrected chi connectivity index (χ1v) is 6.66. The second-order valence-corrected chi connectivity index (χ2v) is 5.49. The lowest BCUT2D eigenvalue weighted by molar-refractivity contribution is 0.0468. The molecule has 1 aliphatic heterocycles. The number of rotatable bonds is 5. The average molecular weight is 273 g/mol. The first kappa shape index (κ1) is 14.5. The molecule has 1 heterocycles. The zero-order chi connectivity index (χ0) is 14.9. The quantitative estimate of drug-likeness (QED) is 0.660. The van der Waals surface area contributed by atoms with E-state index >= 15 is 0 Å². The average Bonchev–Trinajstić information content (AvgIpc) is 2.69. The van der Waals surface area contributed by atoms with Gasteiger partial charge >= 0.3 is 0 Å². The Bertz CT molecular complexity index is 530. The van der Waals surface area contributed by atoms with Gasteiger partial charge in [-0.2, -0.15) is 0 Å². The van der Waals surface area contributed by atoms with E-state index in [0.717, 1.165) is 0 Å². The lowest BCUT2D eigenvalue weighted by Gasteiger charge is -2.35. The molecule has 1 aliphatic rings. The van der Waals surface area contributed by atoms with Gasteiger partial charge in [-0.05, 0) is 18.1 Å². The summed E-state index contributed by atoms with van der Waals surface area (Å²) in [6.07, 6.45) is 1.64. The predicted molar refractivity (Wildman–Crippen MR) is 76.4 cm³/mol. The minimum atomic E-state index is -0.673. The van der Waals surface area contributed by atoms with E-state index in [1.165, 1.54) is 4.90 Å². The van der Waals surface area contributed by atoms with Gasteiger partial charge < -0.3 is 5.11 Å². The van der Waals surface area contributed by atoms with Crippen LogP contribution in [0.3, 0.4) is 0 Å². The monoisotopic (exact) mass is 273 g/mol. The number of carbonyl (C=O) groups excluding carboxylic acids is 2. The van der Waals surface area contributed by atoms with E-state index in [1.54, 1.807) is 30.3 Å². The highest BCUT2D eigenvalue weighted by Gasteiger charge is 2.41. The van der Waals surface area contributed by atoms with Crippen molar-refractivity contribution in [1.29, 1.82) is 0 Å². The van der Waals surface area contributed by atoms with E-state index in [1.807, 2.05) is 13.8 Å². The maximum atomic E-state index is 12.3. The highest BCUT2D eigenvalue weighted by Crippen LogP contribution is 2.33. The summed E-state index contributed by atoms with van der Waals surface area (Å²) in [6.45, 7) is 7.64. The minimum absolute atomic E-state index is 0.0642. The van der Waals surface area contributed by atoms with Gasteiger partial charge in [0.25, 0.3) is 11.8 Å². The van der Waals surface area contributed by atoms with Gasteiger partial charge in [0.15, 0.2) is 0 Å². The second-order valence-electron chi connectivity index (χ2n) is 5.49. The topological polar surface area (TPSA) is 57.6 Å². The molecule has 1 atom stereocenters. The summed E-state index contributed by atoms with van der Waals surface area (Å²) in [5, 5.41) is 9.68. The van der Waals surface area contributed by atoms with Gasteiger partial charge in [0.05, 0.1) is 17.7 Å². The van der Waals surface area contributed by atoms with E-state index in [2.05, 4.69) is 6.58 Å². The first-order chi connectivity index (χ1) is 9.46. The summed E-state index contributed by atoms with van der Waals surface area (Å²) in [7, 11) is 0. The van der Waals surface area contributed by atoms with Gasteiger partial charge in [0, 0.05) is 12.0 Å². The fourth-order valence-corrected chi connectivity index (χ4v) is 2.46. The Labute approximate surface area is 118 Å². The van der Waals surface area contributed by atoms with Crippen molar-refractivity contribution in [3.8, 4) is 0 Å². The van der Waals surface area contributed by atoms with Gasteiger partial charge in [-0.1, -0.05) is 32.1 Å². The van der Waals surface area contributed by atoms with Crippen LogP contribution in [-0.4, -0.2) is 35.0 Å². The van der Waals surface area contributed by atoms with Crippen molar-refractivity contribution in [1.82, 2.24) is 4.90 Å². The molecule has 20 heavy (non-hydrogen) atoms. The molecule has 0 radical (unpaired) electrons. The molecular formula is C16H19NO3. The Kier molecular flexibility index (Phi) is 3.77. The maximum Gasteiger partial charge on any atom is 0.261 e. The summed E-state index contributed by atoms with van der Waals surface area (Å²) in [5.74, 6) is -0.536. The Morgan fingerprint density at radius 3 is 2.10 bits per heavy atom. The molecular weight excluding hydrogens is 254 g/mol. The van der Waals surface area contributed by atoms with E-state index in [-0.39, 0.29) is 30.9 Å². The van der Waals surface area contributed by atoms with Gasteiger partial charge in [0.2, 0.25) is 0 Å². The van der Waals surface area contributed by atoms with Crippen molar-refractivity contribution in [2.75, 3.05) is 13.2 Å². The van der Waals surface area contributed by atoms with E-state index in [9.17, 15) is 14.7 Å². The summed E-state index contributed by atoms with van der Waals surface area (Å²) in [5.41, 5.74) is 0.183. The molecule has 2 rings (SSSR count). The summed E-state index contributed by atoms with van der Waals surface area (Å²) in [4.78, 5) is 25.9. The molecule has 0 saturated carbocycles. The van der Waals surface area contributed by atoms with Crippen LogP contribution in [0.5, 0.6) is 0 Å². The van der Waals surface area contributed by atoms with Crippen LogP contribution in [0.1, 0.15) is 34.6 Å². The molecule has 0 aromatic heterocycles. The zero-order valence-corrected chi connectivity index (χ0v) is 11.8. The van der Waals surface area contributed by atoms with E-state index < -0.39 is 5.41 Å². The van der Waals surface area contributed by atoms with Gasteiger partial charge in [-0.15, -0.1) is 6.58 Å². The lowest BCUT2D eigenvalue weighted by Crippen LogP contribution is -2.44. The van der Waals surface area contributed by atoms with Gasteiger partial charge in [-0.3, -0.25) is 14.5 Å². The number of carbonyl (C=O) groups is 2. The predicted octanol–water partition coefficient (Wildman–Crippen LogP) is 2.10. The number of fused-ring (bicyclic) bond motifs is 1. The first-order valence-electron chi connectivity index (χ1n) is 6.66.